The zero-order valence-corrected chi connectivity index (χ0v) is 12.9. The molecule has 0 bridgehead atoms. The molecule has 3 rings (SSSR count). The van der Waals surface area contributed by atoms with E-state index in [4.69, 9.17) is 0 Å². The lowest BCUT2D eigenvalue weighted by atomic mass is 9.79. The first kappa shape index (κ1) is 14.3. The Morgan fingerprint density at radius 2 is 2.05 bits per heavy atom. The van der Waals surface area contributed by atoms with Crippen molar-refractivity contribution >= 4 is 0 Å². The van der Waals surface area contributed by atoms with Gasteiger partial charge in [0.25, 0.3) is 0 Å². The Balaban J connectivity index is 1.72. The summed E-state index contributed by atoms with van der Waals surface area (Å²) < 4.78 is 0. The van der Waals surface area contributed by atoms with Gasteiger partial charge in [-0.25, -0.2) is 0 Å². The van der Waals surface area contributed by atoms with E-state index in [0.29, 0.717) is 6.04 Å². The number of aryl methyl sites for hydroxylation is 1. The van der Waals surface area contributed by atoms with Gasteiger partial charge in [0.2, 0.25) is 0 Å². The second kappa shape index (κ2) is 6.39. The third-order valence-corrected chi connectivity index (χ3v) is 4.51. The summed E-state index contributed by atoms with van der Waals surface area (Å²) in [6.07, 6.45) is 7.22. The van der Waals surface area contributed by atoms with Crippen molar-refractivity contribution in [1.82, 2.24) is 20.3 Å². The third-order valence-electron chi connectivity index (χ3n) is 4.51. The molecule has 0 amide bonds. The lowest BCUT2D eigenvalue weighted by molar-refractivity contribution is 0.253. The second-order valence-corrected chi connectivity index (χ2v) is 6.14. The van der Waals surface area contributed by atoms with E-state index in [0.717, 1.165) is 11.6 Å². The number of benzene rings is 1. The van der Waals surface area contributed by atoms with Crippen LogP contribution in [0.15, 0.2) is 36.5 Å². The maximum absolute atomic E-state index is 4.41. The molecular formula is C17H24N4. The van der Waals surface area contributed by atoms with E-state index in [9.17, 15) is 0 Å². The lowest BCUT2D eigenvalue weighted by Crippen LogP contribution is -2.28. The molecule has 1 N–H and O–H groups in total. The van der Waals surface area contributed by atoms with Crippen LogP contribution in [0.25, 0.3) is 0 Å². The number of hydrogen-bond acceptors (Lipinski definition) is 3. The number of hydrogen-bond donors (Lipinski definition) is 1. The van der Waals surface area contributed by atoms with Crippen LogP contribution < -0.4 is 5.32 Å². The first-order valence-corrected chi connectivity index (χ1v) is 7.89. The van der Waals surface area contributed by atoms with Gasteiger partial charge in [-0.15, -0.1) is 0 Å². The third kappa shape index (κ3) is 3.50. The van der Waals surface area contributed by atoms with E-state index in [1.807, 2.05) is 13.2 Å². The Morgan fingerprint density at radius 3 is 2.62 bits per heavy atom. The van der Waals surface area contributed by atoms with Gasteiger partial charge < -0.3 is 5.32 Å². The maximum atomic E-state index is 4.41. The number of rotatable bonds is 6. The topological polar surface area (TPSA) is 42.7 Å². The van der Waals surface area contributed by atoms with Gasteiger partial charge in [-0.05, 0) is 24.8 Å². The van der Waals surface area contributed by atoms with Gasteiger partial charge in [-0.2, -0.15) is 15.0 Å². The standard InChI is InChI=1S/C17H24N4/c1-13(17-12-18-21(2)20-17)19-16(11-14-7-6-8-14)15-9-4-3-5-10-15/h3-5,9-10,12-14,16,19H,6-8,11H2,1-2H3. The average molecular weight is 284 g/mol. The van der Waals surface area contributed by atoms with E-state index in [-0.39, 0.29) is 6.04 Å². The first-order valence-electron chi connectivity index (χ1n) is 7.89. The van der Waals surface area contributed by atoms with Gasteiger partial charge in [0, 0.05) is 13.1 Å². The van der Waals surface area contributed by atoms with Crippen LogP contribution in [0.3, 0.4) is 0 Å². The van der Waals surface area contributed by atoms with Crippen LogP contribution >= 0.6 is 0 Å². The molecule has 0 saturated heterocycles. The van der Waals surface area contributed by atoms with Crippen LogP contribution in [0.1, 0.15) is 55.9 Å². The molecule has 1 aromatic carbocycles. The molecule has 1 aromatic heterocycles. The van der Waals surface area contributed by atoms with Crippen LogP contribution in [-0.2, 0) is 7.05 Å². The molecule has 0 spiro atoms. The van der Waals surface area contributed by atoms with Crippen molar-refractivity contribution in [3.8, 4) is 0 Å². The highest BCUT2D eigenvalue weighted by molar-refractivity contribution is 5.19. The number of nitrogens with one attached hydrogen (secondary N) is 1. The minimum absolute atomic E-state index is 0.212. The highest BCUT2D eigenvalue weighted by Gasteiger charge is 2.24. The van der Waals surface area contributed by atoms with Gasteiger partial charge in [-0.3, -0.25) is 0 Å². The van der Waals surface area contributed by atoms with Crippen molar-refractivity contribution in [3.05, 3.63) is 47.8 Å². The van der Waals surface area contributed by atoms with Crippen LogP contribution in [-0.4, -0.2) is 15.0 Å². The lowest BCUT2D eigenvalue weighted by Gasteiger charge is -2.31. The fraction of sp³-hybridized carbons (Fsp3) is 0.529. The number of aromatic nitrogens is 3. The van der Waals surface area contributed by atoms with Crippen LogP contribution in [0.4, 0.5) is 0 Å². The van der Waals surface area contributed by atoms with E-state index in [1.54, 1.807) is 4.80 Å². The van der Waals surface area contributed by atoms with Crippen molar-refractivity contribution in [3.63, 3.8) is 0 Å². The molecule has 4 heteroatoms. The van der Waals surface area contributed by atoms with E-state index in [2.05, 4.69) is 52.8 Å². The second-order valence-electron chi connectivity index (χ2n) is 6.14. The smallest absolute Gasteiger partial charge is 0.0993 e. The van der Waals surface area contributed by atoms with Crippen molar-refractivity contribution < 1.29 is 0 Å². The summed E-state index contributed by atoms with van der Waals surface area (Å²) >= 11 is 0. The van der Waals surface area contributed by atoms with Crippen molar-refractivity contribution in [2.75, 3.05) is 0 Å². The summed E-state index contributed by atoms with van der Waals surface area (Å²) in [5, 5.41) is 12.3. The molecule has 21 heavy (non-hydrogen) atoms. The van der Waals surface area contributed by atoms with Gasteiger partial charge in [0.1, 0.15) is 0 Å². The molecule has 0 radical (unpaired) electrons. The van der Waals surface area contributed by atoms with Gasteiger partial charge in [0.05, 0.1) is 17.9 Å². The molecule has 1 aliphatic carbocycles. The predicted octanol–water partition coefficient (Wildman–Crippen LogP) is 3.40. The number of nitrogens with zero attached hydrogens (tertiary/aromatic N) is 3. The molecule has 4 nitrogen and oxygen atoms in total. The fourth-order valence-corrected chi connectivity index (χ4v) is 2.99. The summed E-state index contributed by atoms with van der Waals surface area (Å²) in [5.74, 6) is 0.872. The fourth-order valence-electron chi connectivity index (χ4n) is 2.99. The Labute approximate surface area is 126 Å². The molecule has 1 saturated carbocycles. The highest BCUT2D eigenvalue weighted by atomic mass is 15.4. The zero-order chi connectivity index (χ0) is 14.7. The van der Waals surface area contributed by atoms with Gasteiger partial charge >= 0.3 is 0 Å². The summed E-state index contributed by atoms with van der Waals surface area (Å²) in [5.41, 5.74) is 2.38. The Hall–Kier alpha value is -1.68. The maximum Gasteiger partial charge on any atom is 0.0993 e. The molecule has 2 unspecified atom stereocenters. The Morgan fingerprint density at radius 1 is 1.29 bits per heavy atom. The molecule has 2 atom stereocenters. The summed E-state index contributed by atoms with van der Waals surface area (Å²) in [4.78, 5) is 1.62. The summed E-state index contributed by atoms with van der Waals surface area (Å²) in [6.45, 7) is 2.17. The molecule has 1 fully saturated rings. The average Bonchev–Trinajstić information content (AvgIpc) is 2.89. The van der Waals surface area contributed by atoms with Crippen molar-refractivity contribution in [1.29, 1.82) is 0 Å². The van der Waals surface area contributed by atoms with Crippen LogP contribution in [0, 0.1) is 5.92 Å². The van der Waals surface area contributed by atoms with E-state index in [1.165, 1.54) is 31.2 Å². The first-order chi connectivity index (χ1) is 10.2. The molecule has 1 heterocycles. The Bertz CT molecular complexity index is 559. The van der Waals surface area contributed by atoms with Crippen molar-refractivity contribution in [2.24, 2.45) is 13.0 Å². The van der Waals surface area contributed by atoms with E-state index < -0.39 is 0 Å². The minimum atomic E-state index is 0.212. The SMILES string of the molecule is CC(NC(CC1CCC1)c1ccccc1)c1cnn(C)n1. The van der Waals surface area contributed by atoms with Crippen LogP contribution in [0.2, 0.25) is 0 Å². The molecule has 1 aliphatic rings. The minimum Gasteiger partial charge on any atom is -0.302 e. The monoisotopic (exact) mass is 284 g/mol. The normalized spacial score (nSPS) is 18.2. The molecule has 112 valence electrons. The van der Waals surface area contributed by atoms with E-state index >= 15 is 0 Å². The molecule has 2 aromatic rings. The Kier molecular flexibility index (Phi) is 4.34. The summed E-state index contributed by atoms with van der Waals surface area (Å²) in [6, 6.07) is 11.4. The predicted molar refractivity (Wildman–Crippen MR) is 83.7 cm³/mol. The highest BCUT2D eigenvalue weighted by Crippen LogP contribution is 2.35. The zero-order valence-electron chi connectivity index (χ0n) is 12.9. The molecule has 0 aliphatic heterocycles. The van der Waals surface area contributed by atoms with Crippen molar-refractivity contribution in [2.45, 2.75) is 44.7 Å². The summed E-state index contributed by atoms with van der Waals surface area (Å²) in [7, 11) is 1.86. The largest absolute Gasteiger partial charge is 0.302 e. The van der Waals surface area contributed by atoms with Gasteiger partial charge in [-0.1, -0.05) is 49.6 Å². The van der Waals surface area contributed by atoms with Crippen LogP contribution in [0.5, 0.6) is 0 Å². The molecular weight excluding hydrogens is 260 g/mol. The van der Waals surface area contributed by atoms with Gasteiger partial charge in [0.15, 0.2) is 0 Å². The quantitative estimate of drug-likeness (QED) is 0.884.